The molecule has 0 bridgehead atoms. The summed E-state index contributed by atoms with van der Waals surface area (Å²) >= 11 is 0. The Kier molecular flexibility index (Phi) is 6.67. The number of likely N-dealkylation sites (tertiary alicyclic amines) is 1. The molecule has 2 aliphatic heterocycles. The number of hydrogen-bond donors (Lipinski definition) is 0. The lowest BCUT2D eigenvalue weighted by Gasteiger charge is -2.39. The van der Waals surface area contributed by atoms with E-state index in [1.54, 1.807) is 23.2 Å². The molecule has 1 atom stereocenters. The number of amides is 1. The summed E-state index contributed by atoms with van der Waals surface area (Å²) in [5.74, 6) is -0.806. The molecule has 3 aromatic rings. The highest BCUT2D eigenvalue weighted by molar-refractivity contribution is 5.83. The van der Waals surface area contributed by atoms with Crippen LogP contribution in [-0.2, 0) is 21.7 Å². The fourth-order valence-corrected chi connectivity index (χ4v) is 5.30. The number of piperidine rings is 1. The molecule has 1 saturated heterocycles. The van der Waals surface area contributed by atoms with Crippen LogP contribution in [0.4, 0.5) is 8.78 Å². The number of halogens is 2. The minimum absolute atomic E-state index is 0.0268. The number of hydrogen-bond acceptors (Lipinski definition) is 4. The number of likely N-dealkylation sites (N-methyl/N-ethyl adjacent to an activating group) is 1. The molecule has 6 nitrogen and oxygen atoms in total. The molecule has 8 heteroatoms. The summed E-state index contributed by atoms with van der Waals surface area (Å²) < 4.78 is 34.9. The van der Waals surface area contributed by atoms with Crippen LogP contribution in [0.2, 0.25) is 0 Å². The molecule has 1 spiro atoms. The Morgan fingerprint density at radius 1 is 1.17 bits per heavy atom. The van der Waals surface area contributed by atoms with Crippen LogP contribution in [0.25, 0.3) is 0 Å². The van der Waals surface area contributed by atoms with Gasteiger partial charge in [0.05, 0.1) is 12.2 Å². The monoisotopic (exact) mass is 480 g/mol. The van der Waals surface area contributed by atoms with Gasteiger partial charge < -0.3 is 19.1 Å². The largest absolute Gasteiger partial charge is 0.365 e. The van der Waals surface area contributed by atoms with Crippen LogP contribution >= 0.6 is 0 Å². The lowest BCUT2D eigenvalue weighted by atomic mass is 9.84. The molecule has 1 amide bonds. The summed E-state index contributed by atoms with van der Waals surface area (Å²) in [6, 6.07) is 10.8. The fourth-order valence-electron chi connectivity index (χ4n) is 5.30. The molecule has 35 heavy (non-hydrogen) atoms. The van der Waals surface area contributed by atoms with Crippen molar-refractivity contribution in [2.24, 2.45) is 0 Å². The number of carbonyl (C=O) groups excluding carboxylic acids is 1. The van der Waals surface area contributed by atoms with E-state index in [0.29, 0.717) is 13.2 Å². The van der Waals surface area contributed by atoms with Crippen molar-refractivity contribution in [3.63, 3.8) is 0 Å². The minimum atomic E-state index is -0.525. The molecular weight excluding hydrogens is 450 g/mol. The molecule has 0 radical (unpaired) electrons. The molecule has 1 unspecified atom stereocenters. The van der Waals surface area contributed by atoms with Crippen LogP contribution in [0, 0.1) is 11.8 Å². The van der Waals surface area contributed by atoms with Gasteiger partial charge in [-0.3, -0.25) is 4.79 Å². The second-order valence-electron chi connectivity index (χ2n) is 9.49. The van der Waals surface area contributed by atoms with Gasteiger partial charge in [0.1, 0.15) is 11.9 Å². The minimum Gasteiger partial charge on any atom is -0.365 e. The predicted molar refractivity (Wildman–Crippen MR) is 128 cm³/mol. The first-order valence-electron chi connectivity index (χ1n) is 12.1. The van der Waals surface area contributed by atoms with Crippen molar-refractivity contribution in [3.8, 4) is 0 Å². The van der Waals surface area contributed by atoms with E-state index >= 15 is 0 Å². The van der Waals surface area contributed by atoms with Crippen molar-refractivity contribution in [2.45, 2.75) is 37.5 Å². The maximum absolute atomic E-state index is 13.5. The topological polar surface area (TPSA) is 50.6 Å². The summed E-state index contributed by atoms with van der Waals surface area (Å²) in [6.45, 7) is 3.72. The van der Waals surface area contributed by atoms with E-state index in [4.69, 9.17) is 4.74 Å². The van der Waals surface area contributed by atoms with Crippen LogP contribution in [0.15, 0.2) is 61.1 Å². The van der Waals surface area contributed by atoms with Crippen molar-refractivity contribution in [1.82, 2.24) is 19.4 Å². The van der Waals surface area contributed by atoms with Crippen molar-refractivity contribution >= 4 is 5.91 Å². The van der Waals surface area contributed by atoms with Crippen LogP contribution < -0.4 is 0 Å². The van der Waals surface area contributed by atoms with Crippen molar-refractivity contribution < 1.29 is 18.3 Å². The molecule has 4 heterocycles. The molecule has 5 rings (SSSR count). The van der Waals surface area contributed by atoms with E-state index in [0.717, 1.165) is 55.6 Å². The van der Waals surface area contributed by atoms with Crippen molar-refractivity contribution in [2.75, 3.05) is 33.2 Å². The maximum atomic E-state index is 13.5. The molecule has 0 N–H and O–H groups in total. The summed E-state index contributed by atoms with van der Waals surface area (Å²) in [4.78, 5) is 21.4. The quantitative estimate of drug-likeness (QED) is 0.478. The van der Waals surface area contributed by atoms with E-state index < -0.39 is 12.0 Å². The molecule has 2 aliphatic rings. The molecular formula is C27H30F2N4O2. The highest BCUT2D eigenvalue weighted by Crippen LogP contribution is 2.43. The average Bonchev–Trinajstić information content (AvgIpc) is 3.50. The number of pyridine rings is 1. The van der Waals surface area contributed by atoms with Gasteiger partial charge in [-0.25, -0.2) is 9.37 Å². The van der Waals surface area contributed by atoms with Gasteiger partial charge in [0.15, 0.2) is 0 Å². The Morgan fingerprint density at radius 2 is 1.89 bits per heavy atom. The van der Waals surface area contributed by atoms with Gasteiger partial charge in [0, 0.05) is 50.8 Å². The van der Waals surface area contributed by atoms with Gasteiger partial charge in [0.25, 0.3) is 0 Å². The number of aromatic nitrogens is 2. The summed E-state index contributed by atoms with van der Waals surface area (Å²) in [6.07, 6.45) is 7.90. The molecule has 1 aromatic carbocycles. The Hall–Kier alpha value is -3.10. The number of rotatable bonds is 7. The highest BCUT2D eigenvalue weighted by Gasteiger charge is 2.43. The first-order chi connectivity index (χ1) is 16.9. The van der Waals surface area contributed by atoms with Gasteiger partial charge in [-0.05, 0) is 67.3 Å². The normalized spacial score (nSPS) is 17.9. The Balaban J connectivity index is 1.15. The summed E-state index contributed by atoms with van der Waals surface area (Å²) in [7, 11) is 1.82. The van der Waals surface area contributed by atoms with E-state index in [1.165, 1.54) is 18.2 Å². The number of fused-ring (bicyclic) bond motifs is 2. The van der Waals surface area contributed by atoms with E-state index in [-0.39, 0.29) is 17.3 Å². The second-order valence-corrected chi connectivity index (χ2v) is 9.49. The van der Waals surface area contributed by atoms with E-state index in [9.17, 15) is 13.6 Å². The smallest absolute Gasteiger partial charge is 0.249 e. The Morgan fingerprint density at radius 3 is 2.60 bits per heavy atom. The van der Waals surface area contributed by atoms with Crippen molar-refractivity contribution in [3.05, 3.63) is 89.5 Å². The predicted octanol–water partition coefficient (Wildman–Crippen LogP) is 4.12. The first kappa shape index (κ1) is 23.6. The molecule has 2 aromatic heterocycles. The third-order valence-electron chi connectivity index (χ3n) is 7.30. The van der Waals surface area contributed by atoms with Gasteiger partial charge in [-0.15, -0.1) is 0 Å². The van der Waals surface area contributed by atoms with E-state index in [1.807, 2.05) is 36.1 Å². The lowest BCUT2D eigenvalue weighted by Crippen LogP contribution is -2.43. The molecule has 1 fully saturated rings. The number of carbonyl (C=O) groups is 1. The first-order valence-corrected chi connectivity index (χ1v) is 12.1. The second kappa shape index (κ2) is 9.87. The highest BCUT2D eigenvalue weighted by atomic mass is 19.1. The third-order valence-corrected chi connectivity index (χ3v) is 7.30. The van der Waals surface area contributed by atoms with Gasteiger partial charge in [0.2, 0.25) is 11.9 Å². The number of ether oxygens (including phenoxy) is 1. The van der Waals surface area contributed by atoms with Crippen LogP contribution in [-0.4, -0.2) is 58.5 Å². The third kappa shape index (κ3) is 4.86. The van der Waals surface area contributed by atoms with Crippen LogP contribution in [0.3, 0.4) is 0 Å². The Labute approximate surface area is 204 Å². The summed E-state index contributed by atoms with van der Waals surface area (Å²) in [5, 5.41) is 0. The van der Waals surface area contributed by atoms with Gasteiger partial charge >= 0.3 is 0 Å². The van der Waals surface area contributed by atoms with Crippen LogP contribution in [0.5, 0.6) is 0 Å². The number of nitrogens with zero attached hydrogens (tertiary/aromatic N) is 4. The average molecular weight is 481 g/mol. The standard InChI is InChI=1S/C27H30F2N4O2/c1-31(26(34)25(33-13-2-3-14-33)20-5-7-22(28)8-6-20)11-4-12-32-15-9-27(10-16-32)23-18-30-24(29)17-21(23)19-35-27/h2-3,5-8,13-14,17-18,25H,4,9-12,15-16,19H2,1H3. The maximum Gasteiger partial charge on any atom is 0.249 e. The SMILES string of the molecule is CN(CCCN1CCC2(CC1)OCc1cc(F)ncc12)C(=O)C(c1ccc(F)cc1)n1cccc1. The zero-order chi connectivity index (χ0) is 24.4. The van der Waals surface area contributed by atoms with Crippen LogP contribution in [0.1, 0.15) is 42.0 Å². The molecule has 0 aliphatic carbocycles. The van der Waals surface area contributed by atoms with Gasteiger partial charge in [-0.2, -0.15) is 4.39 Å². The fraction of sp³-hybridized carbons (Fsp3) is 0.407. The number of benzene rings is 1. The van der Waals surface area contributed by atoms with Crippen molar-refractivity contribution in [1.29, 1.82) is 0 Å². The zero-order valence-corrected chi connectivity index (χ0v) is 19.9. The van der Waals surface area contributed by atoms with E-state index in [2.05, 4.69) is 9.88 Å². The lowest BCUT2D eigenvalue weighted by molar-refractivity contribution is -0.132. The molecule has 0 saturated carbocycles. The summed E-state index contributed by atoms with van der Waals surface area (Å²) in [5.41, 5.74) is 2.34. The molecule has 184 valence electrons. The van der Waals surface area contributed by atoms with Gasteiger partial charge in [-0.1, -0.05) is 12.1 Å². The zero-order valence-electron chi connectivity index (χ0n) is 19.9. The Bertz CT molecular complexity index is 1160.